The van der Waals surface area contributed by atoms with Crippen LogP contribution in [0.1, 0.15) is 15.9 Å². The van der Waals surface area contributed by atoms with Crippen LogP contribution in [0.5, 0.6) is 0 Å². The Bertz CT molecular complexity index is 360. The van der Waals surface area contributed by atoms with E-state index in [-0.39, 0.29) is 12.0 Å². The third-order valence-electron chi connectivity index (χ3n) is 1.77. The van der Waals surface area contributed by atoms with Crippen molar-refractivity contribution in [2.24, 2.45) is 0 Å². The lowest BCUT2D eigenvalue weighted by Crippen LogP contribution is -2.06. The molecule has 0 radical (unpaired) electrons. The highest BCUT2D eigenvalue weighted by atomic mass is 19.1. The van der Waals surface area contributed by atoms with Gasteiger partial charge in [-0.2, -0.15) is 0 Å². The Hall–Kier alpha value is -1.71. The molecule has 3 nitrogen and oxygen atoms in total. The van der Waals surface area contributed by atoms with E-state index in [4.69, 9.17) is 0 Å². The molecule has 0 aliphatic carbocycles. The third-order valence-corrected chi connectivity index (χ3v) is 1.77. The largest absolute Gasteiger partial charge is 0.469 e. The topological polar surface area (TPSA) is 43.4 Å². The van der Waals surface area contributed by atoms with Crippen molar-refractivity contribution in [1.29, 1.82) is 0 Å². The fourth-order valence-corrected chi connectivity index (χ4v) is 1.03. The maximum atomic E-state index is 13.1. The van der Waals surface area contributed by atoms with Gasteiger partial charge in [0, 0.05) is 5.56 Å². The molecule has 0 amide bonds. The van der Waals surface area contributed by atoms with E-state index in [1.165, 1.54) is 19.2 Å². The summed E-state index contributed by atoms with van der Waals surface area (Å²) in [5.74, 6) is -1.05. The minimum atomic E-state index is -0.535. The maximum absolute atomic E-state index is 13.1. The van der Waals surface area contributed by atoms with Gasteiger partial charge in [-0.15, -0.1) is 0 Å². The zero-order valence-corrected chi connectivity index (χ0v) is 7.62. The molecule has 0 N–H and O–H groups in total. The van der Waals surface area contributed by atoms with Gasteiger partial charge in [-0.25, -0.2) is 4.39 Å². The van der Waals surface area contributed by atoms with E-state index in [2.05, 4.69) is 4.74 Å². The average molecular weight is 196 g/mol. The quantitative estimate of drug-likeness (QED) is 0.541. The van der Waals surface area contributed by atoms with Crippen LogP contribution < -0.4 is 0 Å². The van der Waals surface area contributed by atoms with E-state index in [0.717, 1.165) is 6.07 Å². The first-order valence-electron chi connectivity index (χ1n) is 3.97. The lowest BCUT2D eigenvalue weighted by Gasteiger charge is -2.02. The SMILES string of the molecule is COC(=O)Cc1cc(C=O)ccc1F. The number of hydrogen-bond acceptors (Lipinski definition) is 3. The van der Waals surface area contributed by atoms with Crippen LogP contribution in [-0.2, 0) is 16.0 Å². The van der Waals surface area contributed by atoms with Gasteiger partial charge in [0.2, 0.25) is 0 Å². The van der Waals surface area contributed by atoms with Gasteiger partial charge in [-0.05, 0) is 23.8 Å². The minimum absolute atomic E-state index is 0.163. The molecule has 0 bridgehead atoms. The van der Waals surface area contributed by atoms with E-state index < -0.39 is 11.8 Å². The van der Waals surface area contributed by atoms with Crippen LogP contribution in [0.3, 0.4) is 0 Å². The number of benzene rings is 1. The van der Waals surface area contributed by atoms with Gasteiger partial charge < -0.3 is 4.74 Å². The fourth-order valence-electron chi connectivity index (χ4n) is 1.03. The Labute approximate surface area is 80.5 Å². The van der Waals surface area contributed by atoms with Crippen LogP contribution in [0.4, 0.5) is 4.39 Å². The van der Waals surface area contributed by atoms with Crippen LogP contribution in [0, 0.1) is 5.82 Å². The van der Waals surface area contributed by atoms with Crippen molar-refractivity contribution in [3.63, 3.8) is 0 Å². The molecule has 0 aliphatic heterocycles. The molecule has 74 valence electrons. The van der Waals surface area contributed by atoms with Crippen molar-refractivity contribution in [3.05, 3.63) is 35.1 Å². The highest BCUT2D eigenvalue weighted by Gasteiger charge is 2.08. The number of hydrogen-bond donors (Lipinski definition) is 0. The molecule has 0 atom stereocenters. The summed E-state index contributed by atoms with van der Waals surface area (Å²) >= 11 is 0. The number of aldehydes is 1. The second-order valence-electron chi connectivity index (χ2n) is 2.72. The summed E-state index contributed by atoms with van der Waals surface area (Å²) in [6.07, 6.45) is 0.435. The average Bonchev–Trinajstić information content (AvgIpc) is 2.21. The number of methoxy groups -OCH3 is 1. The molecule has 0 unspecified atom stereocenters. The Morgan fingerprint density at radius 1 is 1.57 bits per heavy atom. The molecule has 0 aromatic heterocycles. The normalized spacial score (nSPS) is 9.57. The van der Waals surface area contributed by atoms with Gasteiger partial charge >= 0.3 is 5.97 Å². The lowest BCUT2D eigenvalue weighted by atomic mass is 10.1. The zero-order valence-electron chi connectivity index (χ0n) is 7.62. The first-order chi connectivity index (χ1) is 6.67. The molecule has 0 aliphatic rings. The highest BCUT2D eigenvalue weighted by Crippen LogP contribution is 2.10. The van der Waals surface area contributed by atoms with Crippen LogP contribution >= 0.6 is 0 Å². The smallest absolute Gasteiger partial charge is 0.310 e. The van der Waals surface area contributed by atoms with Crippen molar-refractivity contribution >= 4 is 12.3 Å². The van der Waals surface area contributed by atoms with Gasteiger partial charge in [0.05, 0.1) is 13.5 Å². The zero-order chi connectivity index (χ0) is 10.6. The Morgan fingerprint density at radius 2 is 2.29 bits per heavy atom. The van der Waals surface area contributed by atoms with Crippen LogP contribution in [0.2, 0.25) is 0 Å². The first kappa shape index (κ1) is 10.4. The van der Waals surface area contributed by atoms with Gasteiger partial charge in [0.25, 0.3) is 0 Å². The van der Waals surface area contributed by atoms with E-state index in [0.29, 0.717) is 11.8 Å². The molecule has 0 heterocycles. The monoisotopic (exact) mass is 196 g/mol. The molecule has 0 saturated carbocycles. The number of carbonyl (C=O) groups excluding carboxylic acids is 2. The number of carbonyl (C=O) groups is 2. The van der Waals surface area contributed by atoms with Crippen molar-refractivity contribution in [2.75, 3.05) is 7.11 Å². The first-order valence-corrected chi connectivity index (χ1v) is 3.97. The second-order valence-corrected chi connectivity index (χ2v) is 2.72. The minimum Gasteiger partial charge on any atom is -0.469 e. The molecule has 1 aromatic carbocycles. The second kappa shape index (κ2) is 4.50. The summed E-state index contributed by atoms with van der Waals surface area (Å²) in [5.41, 5.74) is 0.506. The van der Waals surface area contributed by atoms with Gasteiger partial charge in [0.15, 0.2) is 0 Å². The van der Waals surface area contributed by atoms with Gasteiger partial charge in [-0.3, -0.25) is 9.59 Å². The number of ether oxygens (including phenoxy) is 1. The maximum Gasteiger partial charge on any atom is 0.310 e. The summed E-state index contributed by atoms with van der Waals surface area (Å²) in [5, 5.41) is 0. The van der Waals surface area contributed by atoms with Crippen LogP contribution in [0.15, 0.2) is 18.2 Å². The highest BCUT2D eigenvalue weighted by molar-refractivity contribution is 5.77. The predicted octanol–water partition coefficient (Wildman–Crippen LogP) is 1.35. The molecule has 0 saturated heterocycles. The van der Waals surface area contributed by atoms with E-state index >= 15 is 0 Å². The standard InChI is InChI=1S/C10H9FO3/c1-14-10(13)5-8-4-7(6-12)2-3-9(8)11/h2-4,6H,5H2,1H3. The summed E-state index contributed by atoms with van der Waals surface area (Å²) in [7, 11) is 1.23. The number of esters is 1. The Morgan fingerprint density at radius 3 is 2.86 bits per heavy atom. The number of rotatable bonds is 3. The molecule has 14 heavy (non-hydrogen) atoms. The summed E-state index contributed by atoms with van der Waals surface area (Å²) < 4.78 is 17.5. The van der Waals surface area contributed by atoms with Crippen molar-refractivity contribution < 1.29 is 18.7 Å². The fraction of sp³-hybridized carbons (Fsp3) is 0.200. The van der Waals surface area contributed by atoms with E-state index in [1.54, 1.807) is 0 Å². The molecule has 1 aromatic rings. The molecule has 4 heteroatoms. The third kappa shape index (κ3) is 2.39. The van der Waals surface area contributed by atoms with E-state index in [9.17, 15) is 14.0 Å². The summed E-state index contributed by atoms with van der Waals surface area (Å²) in [4.78, 5) is 21.2. The van der Waals surface area contributed by atoms with Crippen molar-refractivity contribution in [1.82, 2.24) is 0 Å². The predicted molar refractivity (Wildman–Crippen MR) is 47.5 cm³/mol. The molecular weight excluding hydrogens is 187 g/mol. The van der Waals surface area contributed by atoms with Crippen molar-refractivity contribution in [2.45, 2.75) is 6.42 Å². The van der Waals surface area contributed by atoms with Crippen LogP contribution in [0.25, 0.3) is 0 Å². The summed E-state index contributed by atoms with van der Waals surface area (Å²) in [6, 6.07) is 3.84. The summed E-state index contributed by atoms with van der Waals surface area (Å²) in [6.45, 7) is 0. The van der Waals surface area contributed by atoms with Gasteiger partial charge in [-0.1, -0.05) is 0 Å². The number of halogens is 1. The molecule has 1 rings (SSSR count). The van der Waals surface area contributed by atoms with E-state index in [1.807, 2.05) is 0 Å². The Balaban J connectivity index is 2.94. The Kier molecular flexibility index (Phi) is 3.34. The molecule has 0 fully saturated rings. The molecule has 0 spiro atoms. The van der Waals surface area contributed by atoms with Crippen molar-refractivity contribution in [3.8, 4) is 0 Å². The molecular formula is C10H9FO3. The van der Waals surface area contributed by atoms with Gasteiger partial charge in [0.1, 0.15) is 12.1 Å². The van der Waals surface area contributed by atoms with Crippen LogP contribution in [-0.4, -0.2) is 19.4 Å². The lowest BCUT2D eigenvalue weighted by molar-refractivity contribution is -0.139.